The molecule has 2 atom stereocenters. The highest BCUT2D eigenvalue weighted by Gasteiger charge is 2.62. The second-order valence-corrected chi connectivity index (χ2v) is 5.99. The summed E-state index contributed by atoms with van der Waals surface area (Å²) < 4.78 is 0. The standard InChI is InChI=1S/C17H14N4O3/c18-9-10-5-6-13(12-4-2-1-3-11(10)12)21-15(23)17(19)14(22)7-8-20(17)16(21)24/h1-6,14,22H,7-8,19H2/t14-,17+/m1/s1. The largest absolute Gasteiger partial charge is 0.389 e. The third kappa shape index (κ3) is 1.61. The van der Waals surface area contributed by atoms with E-state index in [1.807, 2.05) is 0 Å². The predicted molar refractivity (Wildman–Crippen MR) is 85.8 cm³/mol. The van der Waals surface area contributed by atoms with E-state index in [0.29, 0.717) is 22.0 Å². The van der Waals surface area contributed by atoms with E-state index in [2.05, 4.69) is 6.07 Å². The van der Waals surface area contributed by atoms with E-state index in [1.54, 1.807) is 36.4 Å². The van der Waals surface area contributed by atoms with E-state index in [9.17, 15) is 20.0 Å². The normalized spacial score (nSPS) is 26.1. The molecule has 120 valence electrons. The molecule has 2 aromatic carbocycles. The van der Waals surface area contributed by atoms with Crippen molar-refractivity contribution < 1.29 is 14.7 Å². The quantitative estimate of drug-likeness (QED) is 0.758. The Bertz CT molecular complexity index is 935. The number of imide groups is 1. The van der Waals surface area contributed by atoms with Crippen LogP contribution in [0.3, 0.4) is 0 Å². The van der Waals surface area contributed by atoms with Crippen molar-refractivity contribution in [1.29, 1.82) is 5.26 Å². The monoisotopic (exact) mass is 322 g/mol. The lowest BCUT2D eigenvalue weighted by molar-refractivity contribution is -0.127. The van der Waals surface area contributed by atoms with Crippen LogP contribution >= 0.6 is 0 Å². The van der Waals surface area contributed by atoms with Crippen LogP contribution in [0.2, 0.25) is 0 Å². The lowest BCUT2D eigenvalue weighted by atomic mass is 10.0. The minimum absolute atomic E-state index is 0.229. The van der Waals surface area contributed by atoms with Crippen molar-refractivity contribution in [1.82, 2.24) is 4.90 Å². The molecule has 4 rings (SSSR count). The minimum Gasteiger partial charge on any atom is -0.389 e. The summed E-state index contributed by atoms with van der Waals surface area (Å²) in [5.74, 6) is -0.646. The fourth-order valence-electron chi connectivity index (χ4n) is 3.52. The van der Waals surface area contributed by atoms with Gasteiger partial charge in [0.1, 0.15) is 6.10 Å². The van der Waals surface area contributed by atoms with Crippen molar-refractivity contribution in [2.75, 3.05) is 11.4 Å². The molecule has 2 aromatic rings. The van der Waals surface area contributed by atoms with E-state index in [0.717, 1.165) is 4.90 Å². The van der Waals surface area contributed by atoms with Gasteiger partial charge < -0.3 is 5.11 Å². The fourth-order valence-corrected chi connectivity index (χ4v) is 3.52. The number of aliphatic hydroxyl groups excluding tert-OH is 1. The Labute approximate surface area is 137 Å². The van der Waals surface area contributed by atoms with E-state index in [-0.39, 0.29) is 13.0 Å². The SMILES string of the molecule is N#Cc1ccc(N2C(=O)N3CC[C@@H](O)[C@@]3(N)C2=O)c2ccccc12. The molecule has 2 aliphatic heterocycles. The highest BCUT2D eigenvalue weighted by atomic mass is 16.3. The molecule has 7 heteroatoms. The van der Waals surface area contributed by atoms with Crippen molar-refractivity contribution in [3.63, 3.8) is 0 Å². The van der Waals surface area contributed by atoms with E-state index < -0.39 is 23.7 Å². The van der Waals surface area contributed by atoms with Crippen molar-refractivity contribution >= 4 is 28.4 Å². The highest BCUT2D eigenvalue weighted by molar-refractivity contribution is 6.26. The van der Waals surface area contributed by atoms with Gasteiger partial charge in [0.2, 0.25) is 5.66 Å². The lowest BCUT2D eigenvalue weighted by Crippen LogP contribution is -2.60. The average molecular weight is 322 g/mol. The van der Waals surface area contributed by atoms with Crippen LogP contribution in [-0.4, -0.2) is 40.3 Å². The molecule has 0 saturated carbocycles. The van der Waals surface area contributed by atoms with Crippen molar-refractivity contribution in [3.8, 4) is 6.07 Å². The first-order valence-corrected chi connectivity index (χ1v) is 7.55. The Morgan fingerprint density at radius 1 is 1.21 bits per heavy atom. The summed E-state index contributed by atoms with van der Waals surface area (Å²) in [5.41, 5.74) is 5.19. The lowest BCUT2D eigenvalue weighted by Gasteiger charge is -2.25. The van der Waals surface area contributed by atoms with Crippen LogP contribution in [0.25, 0.3) is 10.8 Å². The molecule has 0 unspecified atom stereocenters. The predicted octanol–water partition coefficient (Wildman–Crippen LogP) is 0.900. The number of nitriles is 1. The number of benzene rings is 2. The van der Waals surface area contributed by atoms with Gasteiger partial charge in [0.15, 0.2) is 0 Å². The van der Waals surface area contributed by atoms with E-state index in [4.69, 9.17) is 5.73 Å². The van der Waals surface area contributed by atoms with Gasteiger partial charge in [-0.1, -0.05) is 24.3 Å². The summed E-state index contributed by atoms with van der Waals surface area (Å²) in [5, 5.41) is 20.6. The zero-order valence-corrected chi connectivity index (χ0v) is 12.6. The average Bonchev–Trinajstić information content (AvgIpc) is 3.00. The summed E-state index contributed by atoms with van der Waals surface area (Å²) in [7, 11) is 0. The maximum Gasteiger partial charge on any atom is 0.333 e. The van der Waals surface area contributed by atoms with Gasteiger partial charge in [0.05, 0.1) is 17.3 Å². The molecule has 3 N–H and O–H groups in total. The number of nitrogens with zero attached hydrogens (tertiary/aromatic N) is 3. The molecule has 0 aliphatic carbocycles. The molecule has 0 radical (unpaired) electrons. The van der Waals surface area contributed by atoms with E-state index in [1.165, 1.54) is 4.90 Å². The number of fused-ring (bicyclic) bond motifs is 2. The zero-order chi connectivity index (χ0) is 17.1. The third-order valence-corrected chi connectivity index (χ3v) is 4.81. The van der Waals surface area contributed by atoms with Gasteiger partial charge in [-0.3, -0.25) is 15.4 Å². The first kappa shape index (κ1) is 14.6. The molecule has 2 heterocycles. The summed E-state index contributed by atoms with van der Waals surface area (Å²) >= 11 is 0. The number of rotatable bonds is 1. The molecule has 2 fully saturated rings. The number of carbonyl (C=O) groups excluding carboxylic acids is 2. The highest BCUT2D eigenvalue weighted by Crippen LogP contribution is 2.39. The Hall–Kier alpha value is -2.95. The van der Waals surface area contributed by atoms with Gasteiger partial charge in [0, 0.05) is 17.3 Å². The number of nitrogens with two attached hydrogens (primary N) is 1. The first-order chi connectivity index (χ1) is 11.5. The van der Waals surface area contributed by atoms with Crippen LogP contribution in [0.4, 0.5) is 10.5 Å². The van der Waals surface area contributed by atoms with Crippen LogP contribution < -0.4 is 10.6 Å². The van der Waals surface area contributed by atoms with Gasteiger partial charge in [-0.2, -0.15) is 5.26 Å². The van der Waals surface area contributed by atoms with Crippen LogP contribution in [0, 0.1) is 11.3 Å². The summed E-state index contributed by atoms with van der Waals surface area (Å²) in [4.78, 5) is 27.8. The molecule has 24 heavy (non-hydrogen) atoms. The topological polar surface area (TPSA) is 111 Å². The van der Waals surface area contributed by atoms with Crippen LogP contribution in [0.5, 0.6) is 0 Å². The second kappa shape index (κ2) is 4.77. The number of carbonyl (C=O) groups is 2. The molecule has 3 amide bonds. The maximum atomic E-state index is 12.8. The zero-order valence-electron chi connectivity index (χ0n) is 12.6. The number of amides is 3. The molecular formula is C17H14N4O3. The van der Waals surface area contributed by atoms with Gasteiger partial charge >= 0.3 is 6.03 Å². The van der Waals surface area contributed by atoms with Gasteiger partial charge in [-0.25, -0.2) is 9.69 Å². The molecule has 0 aromatic heterocycles. The molecular weight excluding hydrogens is 308 g/mol. The van der Waals surface area contributed by atoms with Crippen molar-refractivity contribution in [3.05, 3.63) is 42.0 Å². The number of urea groups is 1. The second-order valence-electron chi connectivity index (χ2n) is 5.99. The molecule has 7 nitrogen and oxygen atoms in total. The van der Waals surface area contributed by atoms with Crippen molar-refractivity contribution in [2.24, 2.45) is 5.73 Å². The molecule has 2 aliphatic rings. The minimum atomic E-state index is -1.72. The molecule has 2 saturated heterocycles. The Morgan fingerprint density at radius 2 is 1.92 bits per heavy atom. The number of anilines is 1. The van der Waals surface area contributed by atoms with Gasteiger partial charge in [-0.15, -0.1) is 0 Å². The summed E-state index contributed by atoms with van der Waals surface area (Å²) in [6.45, 7) is 0.229. The maximum absolute atomic E-state index is 12.8. The first-order valence-electron chi connectivity index (χ1n) is 7.55. The van der Waals surface area contributed by atoms with Crippen LogP contribution in [0.1, 0.15) is 12.0 Å². The summed E-state index contributed by atoms with van der Waals surface area (Å²) in [6, 6.07) is 11.7. The van der Waals surface area contributed by atoms with Crippen molar-refractivity contribution in [2.45, 2.75) is 18.2 Å². The van der Waals surface area contributed by atoms with Crippen LogP contribution in [-0.2, 0) is 4.79 Å². The van der Waals surface area contributed by atoms with Crippen LogP contribution in [0.15, 0.2) is 36.4 Å². The molecule has 0 spiro atoms. The van der Waals surface area contributed by atoms with Gasteiger partial charge in [-0.05, 0) is 18.6 Å². The Balaban J connectivity index is 1.92. The number of hydrogen-bond acceptors (Lipinski definition) is 5. The third-order valence-electron chi connectivity index (χ3n) is 4.81. The summed E-state index contributed by atoms with van der Waals surface area (Å²) in [6.07, 6.45) is -0.820. The number of aliphatic hydroxyl groups is 1. The Morgan fingerprint density at radius 3 is 2.58 bits per heavy atom. The van der Waals surface area contributed by atoms with Gasteiger partial charge in [0.25, 0.3) is 5.91 Å². The Kier molecular flexibility index (Phi) is 2.91. The molecule has 0 bridgehead atoms. The fraction of sp³-hybridized carbons (Fsp3) is 0.235. The van der Waals surface area contributed by atoms with E-state index >= 15 is 0 Å². The number of hydrogen-bond donors (Lipinski definition) is 2. The smallest absolute Gasteiger partial charge is 0.333 e.